The van der Waals surface area contributed by atoms with E-state index >= 15 is 0 Å². The molecule has 2 aromatic rings. The number of anilines is 1. The number of likely N-dealkylation sites (N-methyl/N-ethyl adjacent to an activating group) is 1. The molecule has 0 radical (unpaired) electrons. The number of aliphatic hydroxyl groups is 1. The number of aliphatic hydroxyl groups excluding tert-OH is 1. The van der Waals surface area contributed by atoms with Crippen molar-refractivity contribution in [2.45, 2.75) is 25.5 Å². The van der Waals surface area contributed by atoms with E-state index in [2.05, 4.69) is 15.5 Å². The Bertz CT molecular complexity index is 823. The first-order valence-corrected chi connectivity index (χ1v) is 9.11. The van der Waals surface area contributed by atoms with Gasteiger partial charge >= 0.3 is 11.8 Å². The van der Waals surface area contributed by atoms with E-state index in [1.54, 1.807) is 0 Å². The van der Waals surface area contributed by atoms with Crippen LogP contribution in [0.5, 0.6) is 0 Å². The van der Waals surface area contributed by atoms with Crippen molar-refractivity contribution < 1.29 is 14.7 Å². The molecule has 0 aliphatic carbocycles. The molecule has 6 heteroatoms. The zero-order valence-corrected chi connectivity index (χ0v) is 15.6. The molecule has 0 bridgehead atoms. The Labute approximate surface area is 159 Å². The summed E-state index contributed by atoms with van der Waals surface area (Å²) in [6.07, 6.45) is 0.0860. The second kappa shape index (κ2) is 8.22. The first-order chi connectivity index (χ1) is 13.0. The van der Waals surface area contributed by atoms with Gasteiger partial charge in [0.2, 0.25) is 0 Å². The predicted octanol–water partition coefficient (Wildman–Crippen LogP) is 1.71. The number of benzene rings is 2. The Hall–Kier alpha value is -2.86. The number of rotatable bonds is 5. The standard InChI is InChI=1S/C21H25N3O3/c1-14(15-6-4-3-5-7-15)23-21(27)20(26)22-13-19(25)17-8-9-18-16(12-17)10-11-24(18)2/h3-9,12,14,19,25H,10-11,13H2,1-2H3,(H,22,26)(H,23,27). The smallest absolute Gasteiger partial charge is 0.309 e. The van der Waals surface area contributed by atoms with Crippen LogP contribution in [0.4, 0.5) is 5.69 Å². The summed E-state index contributed by atoms with van der Waals surface area (Å²) < 4.78 is 0. The van der Waals surface area contributed by atoms with Crippen molar-refractivity contribution in [3.8, 4) is 0 Å². The molecule has 0 fully saturated rings. The summed E-state index contributed by atoms with van der Waals surface area (Å²) in [6, 6.07) is 15.0. The summed E-state index contributed by atoms with van der Waals surface area (Å²) in [4.78, 5) is 26.3. The molecule has 6 nitrogen and oxygen atoms in total. The number of carbonyl (C=O) groups excluding carboxylic acids is 2. The van der Waals surface area contributed by atoms with Gasteiger partial charge in [0, 0.05) is 25.8 Å². The fourth-order valence-electron chi connectivity index (χ4n) is 3.27. The van der Waals surface area contributed by atoms with E-state index < -0.39 is 17.9 Å². The number of amides is 2. The molecular weight excluding hydrogens is 342 g/mol. The first kappa shape index (κ1) is 18.9. The van der Waals surface area contributed by atoms with Crippen LogP contribution in [-0.4, -0.2) is 37.1 Å². The average Bonchev–Trinajstić information content (AvgIpc) is 3.06. The molecule has 27 heavy (non-hydrogen) atoms. The molecule has 2 aromatic carbocycles. The third-order valence-electron chi connectivity index (χ3n) is 4.93. The Balaban J connectivity index is 1.52. The highest BCUT2D eigenvalue weighted by molar-refractivity contribution is 6.35. The van der Waals surface area contributed by atoms with Gasteiger partial charge in [-0.25, -0.2) is 0 Å². The fraction of sp³-hybridized carbons (Fsp3) is 0.333. The highest BCUT2D eigenvalue weighted by atomic mass is 16.3. The number of nitrogens with zero attached hydrogens (tertiary/aromatic N) is 1. The van der Waals surface area contributed by atoms with Gasteiger partial charge in [0.1, 0.15) is 0 Å². The van der Waals surface area contributed by atoms with Gasteiger partial charge in [-0.1, -0.05) is 42.5 Å². The van der Waals surface area contributed by atoms with Crippen molar-refractivity contribution in [2.75, 3.05) is 25.0 Å². The second-order valence-electron chi connectivity index (χ2n) is 6.89. The van der Waals surface area contributed by atoms with Gasteiger partial charge in [0.25, 0.3) is 0 Å². The SMILES string of the molecule is CC(NC(=O)C(=O)NCC(O)c1ccc2c(c1)CCN2C)c1ccccc1. The van der Waals surface area contributed by atoms with E-state index in [0.29, 0.717) is 0 Å². The Morgan fingerprint density at radius 1 is 1.11 bits per heavy atom. The van der Waals surface area contributed by atoms with E-state index in [1.807, 2.05) is 62.5 Å². The Morgan fingerprint density at radius 2 is 1.85 bits per heavy atom. The van der Waals surface area contributed by atoms with Gasteiger partial charge in [-0.15, -0.1) is 0 Å². The lowest BCUT2D eigenvalue weighted by molar-refractivity contribution is -0.139. The zero-order valence-electron chi connectivity index (χ0n) is 15.6. The van der Waals surface area contributed by atoms with Crippen LogP contribution >= 0.6 is 0 Å². The molecule has 2 unspecified atom stereocenters. The number of fused-ring (bicyclic) bond motifs is 1. The molecule has 3 rings (SSSR count). The fourth-order valence-corrected chi connectivity index (χ4v) is 3.27. The van der Waals surface area contributed by atoms with Gasteiger partial charge in [-0.3, -0.25) is 9.59 Å². The molecule has 0 aromatic heterocycles. The molecule has 2 atom stereocenters. The summed E-state index contributed by atoms with van der Waals surface area (Å²) in [5.41, 5.74) is 4.02. The minimum Gasteiger partial charge on any atom is -0.387 e. The quantitative estimate of drug-likeness (QED) is 0.703. The van der Waals surface area contributed by atoms with Crippen molar-refractivity contribution in [3.05, 3.63) is 65.2 Å². The highest BCUT2D eigenvalue weighted by Crippen LogP contribution is 2.29. The minimum atomic E-state index is -0.857. The highest BCUT2D eigenvalue weighted by Gasteiger charge is 2.20. The van der Waals surface area contributed by atoms with Crippen LogP contribution in [0.1, 0.15) is 35.8 Å². The Morgan fingerprint density at radius 3 is 2.59 bits per heavy atom. The largest absolute Gasteiger partial charge is 0.387 e. The molecule has 142 valence electrons. The third-order valence-corrected chi connectivity index (χ3v) is 4.93. The van der Waals surface area contributed by atoms with E-state index in [-0.39, 0.29) is 12.6 Å². The molecule has 1 aliphatic rings. The van der Waals surface area contributed by atoms with Crippen LogP contribution in [0.3, 0.4) is 0 Å². The average molecular weight is 367 g/mol. The monoisotopic (exact) mass is 367 g/mol. The van der Waals surface area contributed by atoms with Crippen molar-refractivity contribution in [3.63, 3.8) is 0 Å². The molecule has 2 amide bonds. The third kappa shape index (κ3) is 4.46. The van der Waals surface area contributed by atoms with Crippen LogP contribution in [0.25, 0.3) is 0 Å². The maximum atomic E-state index is 12.1. The van der Waals surface area contributed by atoms with E-state index in [4.69, 9.17) is 0 Å². The van der Waals surface area contributed by atoms with Gasteiger partial charge in [-0.05, 0) is 36.1 Å². The minimum absolute atomic E-state index is 0.0133. The second-order valence-corrected chi connectivity index (χ2v) is 6.89. The molecule has 0 saturated heterocycles. The zero-order chi connectivity index (χ0) is 19.4. The molecule has 1 aliphatic heterocycles. The van der Waals surface area contributed by atoms with Crippen LogP contribution in [0, 0.1) is 0 Å². The summed E-state index contributed by atoms with van der Waals surface area (Å²) in [6.45, 7) is 2.77. The number of nitrogens with one attached hydrogen (secondary N) is 2. The van der Waals surface area contributed by atoms with Crippen LogP contribution < -0.4 is 15.5 Å². The lowest BCUT2D eigenvalue weighted by Crippen LogP contribution is -2.42. The van der Waals surface area contributed by atoms with Gasteiger partial charge in [-0.2, -0.15) is 0 Å². The number of hydrogen-bond acceptors (Lipinski definition) is 4. The summed E-state index contributed by atoms with van der Waals surface area (Å²) >= 11 is 0. The van der Waals surface area contributed by atoms with Crippen LogP contribution in [-0.2, 0) is 16.0 Å². The van der Waals surface area contributed by atoms with E-state index in [0.717, 1.165) is 24.1 Å². The molecule has 3 N–H and O–H groups in total. The maximum absolute atomic E-state index is 12.1. The number of carbonyl (C=O) groups is 2. The lowest BCUT2D eigenvalue weighted by atomic mass is 10.0. The summed E-state index contributed by atoms with van der Waals surface area (Å²) in [7, 11) is 2.04. The maximum Gasteiger partial charge on any atom is 0.309 e. The van der Waals surface area contributed by atoms with Crippen molar-refractivity contribution in [1.82, 2.24) is 10.6 Å². The van der Waals surface area contributed by atoms with Gasteiger partial charge in [0.15, 0.2) is 0 Å². The predicted molar refractivity (Wildman–Crippen MR) is 104 cm³/mol. The van der Waals surface area contributed by atoms with Crippen LogP contribution in [0.2, 0.25) is 0 Å². The summed E-state index contributed by atoms with van der Waals surface area (Å²) in [5, 5.41) is 15.5. The van der Waals surface area contributed by atoms with Crippen molar-refractivity contribution in [2.24, 2.45) is 0 Å². The molecule has 1 heterocycles. The lowest BCUT2D eigenvalue weighted by Gasteiger charge is -2.16. The van der Waals surface area contributed by atoms with Gasteiger partial charge in [0.05, 0.1) is 12.1 Å². The first-order valence-electron chi connectivity index (χ1n) is 9.11. The van der Waals surface area contributed by atoms with Crippen molar-refractivity contribution in [1.29, 1.82) is 0 Å². The number of hydrogen-bond donors (Lipinski definition) is 3. The molecule has 0 spiro atoms. The van der Waals surface area contributed by atoms with Crippen LogP contribution in [0.15, 0.2) is 48.5 Å². The van der Waals surface area contributed by atoms with Crippen molar-refractivity contribution >= 4 is 17.5 Å². The molecular formula is C21H25N3O3. The van der Waals surface area contributed by atoms with E-state index in [9.17, 15) is 14.7 Å². The van der Waals surface area contributed by atoms with Gasteiger partial charge < -0.3 is 20.6 Å². The topological polar surface area (TPSA) is 81.7 Å². The molecule has 0 saturated carbocycles. The summed E-state index contributed by atoms with van der Waals surface area (Å²) in [5.74, 6) is -1.47. The normalized spacial score (nSPS) is 15.0. The Kier molecular flexibility index (Phi) is 5.76. The van der Waals surface area contributed by atoms with E-state index in [1.165, 1.54) is 11.3 Å².